The molecule has 0 aromatic rings. The molecule has 3 fully saturated rings. The van der Waals surface area contributed by atoms with Gasteiger partial charge in [0.15, 0.2) is 5.96 Å². The van der Waals surface area contributed by atoms with Crippen molar-refractivity contribution in [3.63, 3.8) is 0 Å². The van der Waals surface area contributed by atoms with Crippen LogP contribution in [0, 0.1) is 5.92 Å². The van der Waals surface area contributed by atoms with Crippen molar-refractivity contribution in [2.75, 3.05) is 39.3 Å². The van der Waals surface area contributed by atoms with E-state index in [4.69, 9.17) is 9.73 Å². The maximum absolute atomic E-state index is 6.00. The molecule has 0 amide bonds. The Morgan fingerprint density at radius 3 is 2.62 bits per heavy atom. The Bertz CT molecular complexity index is 411. The van der Waals surface area contributed by atoms with Crippen molar-refractivity contribution >= 4 is 29.9 Å². The Morgan fingerprint density at radius 2 is 1.88 bits per heavy atom. The van der Waals surface area contributed by atoms with Gasteiger partial charge in [-0.15, -0.1) is 24.0 Å². The zero-order valence-electron chi connectivity index (χ0n) is 16.5. The number of guanidine groups is 1. The smallest absolute Gasteiger partial charge is 0.191 e. The van der Waals surface area contributed by atoms with Gasteiger partial charge in [-0.05, 0) is 57.9 Å². The van der Waals surface area contributed by atoms with E-state index in [1.807, 2.05) is 0 Å². The Kier molecular flexibility index (Phi) is 10.6. The van der Waals surface area contributed by atoms with E-state index in [1.54, 1.807) is 0 Å². The van der Waals surface area contributed by atoms with Crippen LogP contribution < -0.4 is 10.6 Å². The van der Waals surface area contributed by atoms with Crippen LogP contribution in [-0.4, -0.2) is 62.3 Å². The molecule has 5 nitrogen and oxygen atoms in total. The quantitative estimate of drug-likeness (QED) is 0.231. The van der Waals surface area contributed by atoms with Gasteiger partial charge >= 0.3 is 0 Å². The lowest BCUT2D eigenvalue weighted by molar-refractivity contribution is 0.0277. The summed E-state index contributed by atoms with van der Waals surface area (Å²) >= 11 is 0. The number of rotatable bonds is 9. The standard InChI is InChI=1S/C20H38N4O.HI/c1-2-21-20(22-12-6-14-25-19-7-4-3-5-8-19)23-15-17-11-13-24(16-17)18-9-10-18;/h17-19H,2-16H2,1H3,(H2,21,22,23);1H. The molecule has 1 aliphatic heterocycles. The molecule has 6 heteroatoms. The first-order valence-corrected chi connectivity index (χ1v) is 10.7. The number of hydrogen-bond acceptors (Lipinski definition) is 3. The summed E-state index contributed by atoms with van der Waals surface area (Å²) in [6.45, 7) is 8.36. The lowest BCUT2D eigenvalue weighted by Crippen LogP contribution is -2.38. The summed E-state index contributed by atoms with van der Waals surface area (Å²) in [6.07, 6.45) is 12.3. The van der Waals surface area contributed by atoms with Crippen LogP contribution in [0.3, 0.4) is 0 Å². The first-order chi connectivity index (χ1) is 12.3. The molecule has 152 valence electrons. The van der Waals surface area contributed by atoms with Crippen molar-refractivity contribution in [1.29, 1.82) is 0 Å². The summed E-state index contributed by atoms with van der Waals surface area (Å²) < 4.78 is 6.00. The zero-order valence-corrected chi connectivity index (χ0v) is 18.9. The second kappa shape index (κ2) is 12.4. The first-order valence-electron chi connectivity index (χ1n) is 10.7. The fraction of sp³-hybridized carbons (Fsp3) is 0.950. The van der Waals surface area contributed by atoms with Crippen LogP contribution in [0.5, 0.6) is 0 Å². The molecule has 0 bridgehead atoms. The predicted octanol–water partition coefficient (Wildman–Crippen LogP) is 3.38. The molecule has 1 saturated heterocycles. The highest BCUT2D eigenvalue weighted by Gasteiger charge is 2.34. The monoisotopic (exact) mass is 478 g/mol. The van der Waals surface area contributed by atoms with Crippen molar-refractivity contribution in [2.45, 2.75) is 76.9 Å². The Labute approximate surface area is 177 Å². The Balaban J connectivity index is 0.00000243. The lowest BCUT2D eigenvalue weighted by Gasteiger charge is -2.22. The molecule has 2 aliphatic carbocycles. The van der Waals surface area contributed by atoms with Crippen LogP contribution in [0.1, 0.15) is 64.7 Å². The van der Waals surface area contributed by atoms with Crippen molar-refractivity contribution in [1.82, 2.24) is 15.5 Å². The lowest BCUT2D eigenvalue weighted by atomic mass is 9.98. The third kappa shape index (κ3) is 7.89. The van der Waals surface area contributed by atoms with Crippen molar-refractivity contribution in [2.24, 2.45) is 10.9 Å². The van der Waals surface area contributed by atoms with Crippen LogP contribution >= 0.6 is 24.0 Å². The minimum atomic E-state index is 0. The van der Waals surface area contributed by atoms with E-state index in [2.05, 4.69) is 22.5 Å². The molecule has 1 unspecified atom stereocenters. The van der Waals surface area contributed by atoms with E-state index >= 15 is 0 Å². The molecule has 2 N–H and O–H groups in total. The number of ether oxygens (including phenoxy) is 1. The number of nitrogens with zero attached hydrogens (tertiary/aromatic N) is 2. The van der Waals surface area contributed by atoms with E-state index in [0.717, 1.165) is 50.6 Å². The predicted molar refractivity (Wildman–Crippen MR) is 120 cm³/mol. The molecule has 2 saturated carbocycles. The molecule has 1 atom stereocenters. The van der Waals surface area contributed by atoms with Gasteiger partial charge in [0.25, 0.3) is 0 Å². The van der Waals surface area contributed by atoms with Crippen molar-refractivity contribution in [3.05, 3.63) is 0 Å². The number of aliphatic imine (C=N–C) groups is 1. The molecule has 0 radical (unpaired) electrons. The molecule has 0 aromatic carbocycles. The largest absolute Gasteiger partial charge is 0.378 e. The van der Waals surface area contributed by atoms with Crippen LogP contribution in [0.25, 0.3) is 0 Å². The normalized spacial score (nSPS) is 25.1. The second-order valence-corrected chi connectivity index (χ2v) is 8.01. The first kappa shape index (κ1) is 22.2. The van der Waals surface area contributed by atoms with Crippen LogP contribution in [0.4, 0.5) is 0 Å². The highest BCUT2D eigenvalue weighted by atomic mass is 127. The minimum Gasteiger partial charge on any atom is -0.378 e. The fourth-order valence-corrected chi connectivity index (χ4v) is 4.11. The third-order valence-corrected chi connectivity index (χ3v) is 5.75. The van der Waals surface area contributed by atoms with Gasteiger partial charge in [-0.2, -0.15) is 0 Å². The van der Waals surface area contributed by atoms with E-state index in [0.29, 0.717) is 6.10 Å². The topological polar surface area (TPSA) is 48.9 Å². The van der Waals surface area contributed by atoms with Gasteiger partial charge in [-0.3, -0.25) is 4.99 Å². The molecule has 0 aromatic heterocycles. The van der Waals surface area contributed by atoms with E-state index in [-0.39, 0.29) is 24.0 Å². The molecule has 3 aliphatic rings. The van der Waals surface area contributed by atoms with Gasteiger partial charge in [0.1, 0.15) is 0 Å². The van der Waals surface area contributed by atoms with Gasteiger partial charge in [0, 0.05) is 38.8 Å². The average Bonchev–Trinajstić information content (AvgIpc) is 3.38. The van der Waals surface area contributed by atoms with Crippen LogP contribution in [0.2, 0.25) is 0 Å². The average molecular weight is 478 g/mol. The summed E-state index contributed by atoms with van der Waals surface area (Å²) in [5.41, 5.74) is 0. The summed E-state index contributed by atoms with van der Waals surface area (Å²) in [5, 5.41) is 6.85. The molecule has 0 spiro atoms. The minimum absolute atomic E-state index is 0. The Morgan fingerprint density at radius 1 is 1.08 bits per heavy atom. The van der Waals surface area contributed by atoms with Crippen LogP contribution in [0.15, 0.2) is 4.99 Å². The Hall–Kier alpha value is -0.0800. The number of halogens is 1. The summed E-state index contributed by atoms with van der Waals surface area (Å²) in [5.74, 6) is 1.72. The molecule has 26 heavy (non-hydrogen) atoms. The highest BCUT2D eigenvalue weighted by molar-refractivity contribution is 14.0. The van der Waals surface area contributed by atoms with Gasteiger partial charge in [0.05, 0.1) is 6.10 Å². The second-order valence-electron chi connectivity index (χ2n) is 8.01. The molecule has 1 heterocycles. The summed E-state index contributed by atoms with van der Waals surface area (Å²) in [6, 6.07) is 0.907. The number of hydrogen-bond donors (Lipinski definition) is 2. The zero-order chi connectivity index (χ0) is 17.3. The van der Waals surface area contributed by atoms with Gasteiger partial charge in [0.2, 0.25) is 0 Å². The van der Waals surface area contributed by atoms with Crippen molar-refractivity contribution in [3.8, 4) is 0 Å². The fourth-order valence-electron chi connectivity index (χ4n) is 4.11. The van der Waals surface area contributed by atoms with Gasteiger partial charge in [-0.1, -0.05) is 19.3 Å². The third-order valence-electron chi connectivity index (χ3n) is 5.75. The maximum Gasteiger partial charge on any atom is 0.191 e. The van der Waals surface area contributed by atoms with Crippen LogP contribution in [-0.2, 0) is 4.74 Å². The van der Waals surface area contributed by atoms with E-state index < -0.39 is 0 Å². The summed E-state index contributed by atoms with van der Waals surface area (Å²) in [4.78, 5) is 7.49. The number of likely N-dealkylation sites (tertiary alicyclic amines) is 1. The number of nitrogens with one attached hydrogen (secondary N) is 2. The maximum atomic E-state index is 6.00. The molecular formula is C20H39IN4O. The SMILES string of the molecule is CCNC(=NCC1CCN(C2CC2)C1)NCCCOC1CCCCC1.I. The highest BCUT2D eigenvalue weighted by Crippen LogP contribution is 2.31. The molecule has 3 rings (SSSR count). The molecular weight excluding hydrogens is 439 g/mol. The van der Waals surface area contributed by atoms with Gasteiger partial charge in [-0.25, -0.2) is 0 Å². The van der Waals surface area contributed by atoms with E-state index in [1.165, 1.54) is 64.5 Å². The summed E-state index contributed by atoms with van der Waals surface area (Å²) in [7, 11) is 0. The van der Waals surface area contributed by atoms with E-state index in [9.17, 15) is 0 Å². The van der Waals surface area contributed by atoms with Gasteiger partial charge < -0.3 is 20.3 Å². The van der Waals surface area contributed by atoms with Crippen molar-refractivity contribution < 1.29 is 4.74 Å².